The minimum atomic E-state index is -3.47. The number of nitrogens with zero attached hydrogens (tertiary/aromatic N) is 1. The summed E-state index contributed by atoms with van der Waals surface area (Å²) in [6.07, 6.45) is 2.09. The van der Waals surface area contributed by atoms with Gasteiger partial charge >= 0.3 is 5.92 Å². The van der Waals surface area contributed by atoms with Gasteiger partial charge in [-0.15, -0.1) is 0 Å². The van der Waals surface area contributed by atoms with Crippen LogP contribution in [-0.4, -0.2) is 5.92 Å². The molecule has 3 heteroatoms. The first-order valence-corrected chi connectivity index (χ1v) is 3.23. The van der Waals surface area contributed by atoms with Gasteiger partial charge in [-0.05, 0) is 13.0 Å². The van der Waals surface area contributed by atoms with E-state index in [-0.39, 0.29) is 0 Å². The van der Waals surface area contributed by atoms with E-state index in [2.05, 4.69) is 13.2 Å². The Labute approximate surface area is 70.3 Å². The molecule has 0 aromatic heterocycles. The van der Waals surface area contributed by atoms with E-state index in [0.29, 0.717) is 5.57 Å². The number of alkyl halides is 2. The van der Waals surface area contributed by atoms with Crippen molar-refractivity contribution in [2.75, 3.05) is 0 Å². The Balaban J connectivity index is 4.95. The molecule has 0 heterocycles. The summed E-state index contributed by atoms with van der Waals surface area (Å²) in [4.78, 5) is 0. The van der Waals surface area contributed by atoms with Crippen LogP contribution >= 0.6 is 0 Å². The van der Waals surface area contributed by atoms with Gasteiger partial charge < -0.3 is 0 Å². The van der Waals surface area contributed by atoms with Crippen molar-refractivity contribution in [3.8, 4) is 6.07 Å². The molecule has 0 amide bonds. The lowest BCUT2D eigenvalue weighted by molar-refractivity contribution is 0.110. The Hall–Kier alpha value is -1.43. The Morgan fingerprint density at radius 2 is 2.08 bits per heavy atom. The minimum absolute atomic E-state index is 0.419. The molecule has 0 saturated carbocycles. The lowest BCUT2D eigenvalue weighted by Crippen LogP contribution is -2.14. The Morgan fingerprint density at radius 1 is 1.58 bits per heavy atom. The zero-order chi connectivity index (χ0) is 9.78. The average molecular weight is 169 g/mol. The maximum absolute atomic E-state index is 12.6. The van der Waals surface area contributed by atoms with Crippen molar-refractivity contribution in [3.05, 3.63) is 36.5 Å². The third-order valence-electron chi connectivity index (χ3n) is 1.12. The summed E-state index contributed by atoms with van der Waals surface area (Å²) in [5.74, 6) is -3.47. The zero-order valence-electron chi connectivity index (χ0n) is 6.77. The molecule has 0 N–H and O–H groups in total. The predicted octanol–water partition coefficient (Wildman–Crippen LogP) is 2.83. The van der Waals surface area contributed by atoms with E-state index in [1.54, 1.807) is 6.92 Å². The molecule has 0 saturated heterocycles. The van der Waals surface area contributed by atoms with Gasteiger partial charge in [0.05, 0.1) is 0 Å². The molecule has 0 unspecified atom stereocenters. The number of nitriles is 1. The molecule has 1 nitrogen and oxygen atoms in total. The summed E-state index contributed by atoms with van der Waals surface area (Å²) in [5, 5.41) is 8.09. The molecular formula is C9H9F2N. The van der Waals surface area contributed by atoms with Crippen molar-refractivity contribution >= 4 is 0 Å². The molecule has 0 radical (unpaired) electrons. The van der Waals surface area contributed by atoms with Crippen LogP contribution in [0.1, 0.15) is 6.92 Å². The summed E-state index contributed by atoms with van der Waals surface area (Å²) in [7, 11) is 0. The largest absolute Gasteiger partial charge is 0.357 e. The molecule has 0 aromatic rings. The first-order valence-electron chi connectivity index (χ1n) is 3.23. The molecule has 0 spiro atoms. The maximum Gasteiger partial charge on any atom is 0.357 e. The van der Waals surface area contributed by atoms with Gasteiger partial charge in [0.25, 0.3) is 0 Å². The quantitative estimate of drug-likeness (QED) is 0.596. The van der Waals surface area contributed by atoms with Gasteiger partial charge in [0.15, 0.2) is 0 Å². The standard InChI is InChI=1S/C9H9F2N/c1-4-8(5-7(2)3)9(10,11)6-12/h4-5H,1-2H2,3H3/b8-5+. The molecule has 0 aliphatic rings. The van der Waals surface area contributed by atoms with E-state index in [1.165, 1.54) is 0 Å². The Morgan fingerprint density at radius 3 is 2.33 bits per heavy atom. The zero-order valence-corrected chi connectivity index (χ0v) is 6.77. The lowest BCUT2D eigenvalue weighted by Gasteiger charge is -2.07. The van der Waals surface area contributed by atoms with Crippen LogP contribution in [0.25, 0.3) is 0 Å². The second-order valence-corrected chi connectivity index (χ2v) is 2.34. The number of hydrogen-bond acceptors (Lipinski definition) is 1. The first-order chi connectivity index (χ1) is 5.44. The molecule has 0 fully saturated rings. The Kier molecular flexibility index (Phi) is 3.36. The monoisotopic (exact) mass is 169 g/mol. The van der Waals surface area contributed by atoms with Crippen molar-refractivity contribution in [2.45, 2.75) is 12.8 Å². The maximum atomic E-state index is 12.6. The fourth-order valence-electron chi connectivity index (χ4n) is 0.608. The highest BCUT2D eigenvalue weighted by molar-refractivity contribution is 5.36. The van der Waals surface area contributed by atoms with Gasteiger partial charge in [-0.1, -0.05) is 24.8 Å². The van der Waals surface area contributed by atoms with Gasteiger partial charge in [0.1, 0.15) is 6.07 Å². The van der Waals surface area contributed by atoms with Crippen LogP contribution < -0.4 is 0 Å². The second-order valence-electron chi connectivity index (χ2n) is 2.34. The highest BCUT2D eigenvalue weighted by Crippen LogP contribution is 2.24. The van der Waals surface area contributed by atoms with E-state index in [1.807, 2.05) is 0 Å². The first kappa shape index (κ1) is 10.6. The Bertz CT molecular complexity index is 269. The van der Waals surface area contributed by atoms with E-state index in [0.717, 1.165) is 18.2 Å². The van der Waals surface area contributed by atoms with Crippen LogP contribution in [0.15, 0.2) is 36.5 Å². The molecule has 0 atom stereocenters. The highest BCUT2D eigenvalue weighted by Gasteiger charge is 2.31. The van der Waals surface area contributed by atoms with Crippen molar-refractivity contribution < 1.29 is 8.78 Å². The van der Waals surface area contributed by atoms with E-state index in [4.69, 9.17) is 5.26 Å². The van der Waals surface area contributed by atoms with Gasteiger partial charge in [-0.3, -0.25) is 0 Å². The number of rotatable bonds is 3. The molecular weight excluding hydrogens is 160 g/mol. The number of halogens is 2. The van der Waals surface area contributed by atoms with E-state index >= 15 is 0 Å². The smallest absolute Gasteiger partial charge is 0.191 e. The van der Waals surface area contributed by atoms with Gasteiger partial charge in [0, 0.05) is 5.57 Å². The number of hydrogen-bond donors (Lipinski definition) is 0. The van der Waals surface area contributed by atoms with E-state index in [9.17, 15) is 8.78 Å². The fourth-order valence-corrected chi connectivity index (χ4v) is 0.608. The molecule has 0 aliphatic heterocycles. The highest BCUT2D eigenvalue weighted by atomic mass is 19.3. The average Bonchev–Trinajstić information content (AvgIpc) is 1.99. The van der Waals surface area contributed by atoms with Gasteiger partial charge in [-0.2, -0.15) is 14.0 Å². The number of allylic oxidation sites excluding steroid dienone is 4. The third kappa shape index (κ3) is 2.67. The van der Waals surface area contributed by atoms with Crippen LogP contribution in [0.5, 0.6) is 0 Å². The van der Waals surface area contributed by atoms with Gasteiger partial charge in [-0.25, -0.2) is 0 Å². The summed E-state index contributed by atoms with van der Waals surface area (Å²) in [6, 6.07) is 0.884. The van der Waals surface area contributed by atoms with Gasteiger partial charge in [0.2, 0.25) is 0 Å². The van der Waals surface area contributed by atoms with Crippen LogP contribution in [-0.2, 0) is 0 Å². The lowest BCUT2D eigenvalue weighted by atomic mass is 10.1. The topological polar surface area (TPSA) is 23.8 Å². The van der Waals surface area contributed by atoms with Crippen molar-refractivity contribution in [1.29, 1.82) is 5.26 Å². The van der Waals surface area contributed by atoms with Crippen LogP contribution in [0.3, 0.4) is 0 Å². The summed E-state index contributed by atoms with van der Waals surface area (Å²) in [5.41, 5.74) is 0.0392. The van der Waals surface area contributed by atoms with Crippen LogP contribution in [0, 0.1) is 11.3 Å². The molecule has 0 rings (SSSR count). The SMILES string of the molecule is C=C/C(=C\C(=C)C)C(F)(F)C#N. The van der Waals surface area contributed by atoms with Crippen molar-refractivity contribution in [1.82, 2.24) is 0 Å². The van der Waals surface area contributed by atoms with E-state index < -0.39 is 11.5 Å². The third-order valence-corrected chi connectivity index (χ3v) is 1.12. The van der Waals surface area contributed by atoms with Crippen LogP contribution in [0.2, 0.25) is 0 Å². The normalized spacial score (nSPS) is 12.0. The van der Waals surface area contributed by atoms with Crippen molar-refractivity contribution in [2.24, 2.45) is 0 Å². The molecule has 12 heavy (non-hydrogen) atoms. The molecule has 0 aromatic carbocycles. The molecule has 0 bridgehead atoms. The second kappa shape index (κ2) is 3.82. The molecule has 0 aliphatic carbocycles. The molecule has 64 valence electrons. The summed E-state index contributed by atoms with van der Waals surface area (Å²) >= 11 is 0. The minimum Gasteiger partial charge on any atom is -0.191 e. The van der Waals surface area contributed by atoms with Crippen LogP contribution in [0.4, 0.5) is 8.78 Å². The van der Waals surface area contributed by atoms with Crippen molar-refractivity contribution in [3.63, 3.8) is 0 Å². The fraction of sp³-hybridized carbons (Fsp3) is 0.222. The predicted molar refractivity (Wildman–Crippen MR) is 43.7 cm³/mol. The summed E-state index contributed by atoms with van der Waals surface area (Å²) in [6.45, 7) is 8.18. The summed E-state index contributed by atoms with van der Waals surface area (Å²) < 4.78 is 25.3.